The fraction of sp³-hybridized carbons (Fsp3) is 0.172. The molecule has 0 aliphatic heterocycles. The van der Waals surface area contributed by atoms with E-state index in [0.29, 0.717) is 11.5 Å². The van der Waals surface area contributed by atoms with E-state index in [1.54, 1.807) is 12.1 Å². The first-order valence-electron chi connectivity index (χ1n) is 12.1. The summed E-state index contributed by atoms with van der Waals surface area (Å²) in [6, 6.07) is 22.3. The molecule has 1 amide bonds. The first kappa shape index (κ1) is 28.2. The van der Waals surface area contributed by atoms with E-state index in [1.807, 2.05) is 42.5 Å². The monoisotopic (exact) mass is 563 g/mol. The number of amides is 1. The third-order valence-corrected chi connectivity index (χ3v) is 7.86. The molecule has 0 spiro atoms. The Morgan fingerprint density at radius 3 is 2.25 bits per heavy atom. The van der Waals surface area contributed by atoms with Crippen molar-refractivity contribution in [1.29, 1.82) is 0 Å². The number of nitrogens with one attached hydrogen (secondary N) is 1. The predicted octanol–water partition coefficient (Wildman–Crippen LogP) is 4.22. The number of ether oxygens (including phenoxy) is 4. The molecule has 0 aliphatic carbocycles. The van der Waals surface area contributed by atoms with Crippen LogP contribution in [-0.2, 0) is 14.8 Å². The summed E-state index contributed by atoms with van der Waals surface area (Å²) in [5, 5.41) is 6.06. The molecule has 0 bridgehead atoms. The van der Waals surface area contributed by atoms with Crippen molar-refractivity contribution in [3.05, 3.63) is 84.4 Å². The van der Waals surface area contributed by atoms with Gasteiger partial charge in [-0.05, 0) is 35.0 Å². The van der Waals surface area contributed by atoms with E-state index >= 15 is 0 Å². The van der Waals surface area contributed by atoms with Crippen LogP contribution in [0.5, 0.6) is 23.0 Å². The van der Waals surface area contributed by atoms with Gasteiger partial charge in [0.2, 0.25) is 0 Å². The molecular weight excluding hydrogens is 534 g/mol. The van der Waals surface area contributed by atoms with Crippen LogP contribution >= 0.6 is 0 Å². The van der Waals surface area contributed by atoms with E-state index in [2.05, 4.69) is 10.5 Å². The lowest BCUT2D eigenvalue weighted by Gasteiger charge is -2.26. The van der Waals surface area contributed by atoms with Gasteiger partial charge in [0.15, 0.2) is 11.5 Å². The molecule has 0 saturated heterocycles. The van der Waals surface area contributed by atoms with Crippen LogP contribution in [-0.4, -0.2) is 55.5 Å². The van der Waals surface area contributed by atoms with Gasteiger partial charge >= 0.3 is 0 Å². The van der Waals surface area contributed by atoms with Gasteiger partial charge in [0.05, 0.1) is 45.2 Å². The number of methoxy groups -OCH3 is 4. The largest absolute Gasteiger partial charge is 0.497 e. The van der Waals surface area contributed by atoms with Gasteiger partial charge in [0.1, 0.15) is 18.0 Å². The maximum Gasteiger partial charge on any atom is 0.265 e. The fourth-order valence-electron chi connectivity index (χ4n) is 4.10. The van der Waals surface area contributed by atoms with Gasteiger partial charge in [-0.3, -0.25) is 9.10 Å². The number of carbonyl (C=O) groups excluding carboxylic acids is 1. The Balaban J connectivity index is 1.69. The Bertz CT molecular complexity index is 1650. The Hall–Kier alpha value is -4.77. The smallest absolute Gasteiger partial charge is 0.265 e. The van der Waals surface area contributed by atoms with Crippen LogP contribution in [0.4, 0.5) is 5.69 Å². The molecule has 208 valence electrons. The molecule has 0 aromatic heterocycles. The highest BCUT2D eigenvalue weighted by molar-refractivity contribution is 7.92. The number of hydrogen-bond donors (Lipinski definition) is 1. The number of anilines is 1. The van der Waals surface area contributed by atoms with Gasteiger partial charge < -0.3 is 18.9 Å². The maximum atomic E-state index is 14.0. The lowest BCUT2D eigenvalue weighted by Crippen LogP contribution is -2.39. The summed E-state index contributed by atoms with van der Waals surface area (Å²) in [5.41, 5.74) is 3.33. The number of hydrogen-bond acceptors (Lipinski definition) is 8. The Morgan fingerprint density at radius 2 is 1.52 bits per heavy atom. The minimum Gasteiger partial charge on any atom is -0.497 e. The molecule has 10 nitrogen and oxygen atoms in total. The number of carbonyl (C=O) groups is 1. The number of nitrogens with zero attached hydrogens (tertiary/aromatic N) is 2. The maximum absolute atomic E-state index is 14.0. The van der Waals surface area contributed by atoms with Crippen molar-refractivity contribution >= 4 is 38.6 Å². The molecule has 4 aromatic rings. The molecule has 40 heavy (non-hydrogen) atoms. The van der Waals surface area contributed by atoms with Crippen LogP contribution in [0.1, 0.15) is 5.56 Å². The molecule has 0 heterocycles. The van der Waals surface area contributed by atoms with Crippen LogP contribution in [0.25, 0.3) is 10.8 Å². The summed E-state index contributed by atoms with van der Waals surface area (Å²) >= 11 is 0. The van der Waals surface area contributed by atoms with E-state index in [9.17, 15) is 13.2 Å². The van der Waals surface area contributed by atoms with Crippen LogP contribution in [0.2, 0.25) is 0 Å². The van der Waals surface area contributed by atoms with Crippen molar-refractivity contribution < 1.29 is 32.2 Å². The first-order valence-corrected chi connectivity index (χ1v) is 13.5. The summed E-state index contributed by atoms with van der Waals surface area (Å²) in [4.78, 5) is 13.0. The van der Waals surface area contributed by atoms with Crippen molar-refractivity contribution in [3.63, 3.8) is 0 Å². The third kappa shape index (κ3) is 5.94. The summed E-state index contributed by atoms with van der Waals surface area (Å²) in [6.45, 7) is -0.604. The average molecular weight is 564 g/mol. The number of hydrazone groups is 1. The second-order valence-corrected chi connectivity index (χ2v) is 10.3. The fourth-order valence-corrected chi connectivity index (χ4v) is 5.54. The highest BCUT2D eigenvalue weighted by Gasteiger charge is 2.31. The summed E-state index contributed by atoms with van der Waals surface area (Å²) < 4.78 is 50.1. The lowest BCUT2D eigenvalue weighted by molar-refractivity contribution is -0.119. The van der Waals surface area contributed by atoms with E-state index in [4.69, 9.17) is 18.9 Å². The molecule has 11 heteroatoms. The van der Waals surface area contributed by atoms with Gasteiger partial charge in [-0.25, -0.2) is 13.8 Å². The molecule has 0 saturated carbocycles. The Labute approximate surface area is 232 Å². The molecule has 0 radical (unpaired) electrons. The van der Waals surface area contributed by atoms with E-state index in [0.717, 1.165) is 20.6 Å². The molecule has 0 aliphatic rings. The zero-order valence-corrected chi connectivity index (χ0v) is 23.3. The topological polar surface area (TPSA) is 116 Å². The SMILES string of the molecule is COc1ccc(OC)c(N(CC(=O)N/N=C\c2cccc3ccccc23)S(=O)(=O)c2ccc(OC)c(OC)c2)c1. The van der Waals surface area contributed by atoms with Crippen LogP contribution in [0.3, 0.4) is 0 Å². The molecule has 0 unspecified atom stereocenters. The number of rotatable bonds is 11. The minimum absolute atomic E-state index is 0.102. The lowest BCUT2D eigenvalue weighted by atomic mass is 10.1. The second kappa shape index (κ2) is 12.4. The van der Waals surface area contributed by atoms with Gasteiger partial charge in [0.25, 0.3) is 15.9 Å². The highest BCUT2D eigenvalue weighted by atomic mass is 32.2. The highest BCUT2D eigenvalue weighted by Crippen LogP contribution is 2.37. The Kier molecular flexibility index (Phi) is 8.75. The Morgan fingerprint density at radius 1 is 0.825 bits per heavy atom. The van der Waals surface area contributed by atoms with Crippen molar-refractivity contribution in [2.75, 3.05) is 39.3 Å². The van der Waals surface area contributed by atoms with Crippen LogP contribution in [0, 0.1) is 0 Å². The zero-order valence-electron chi connectivity index (χ0n) is 22.5. The van der Waals surface area contributed by atoms with Crippen molar-refractivity contribution in [3.8, 4) is 23.0 Å². The summed E-state index contributed by atoms with van der Waals surface area (Å²) in [7, 11) is 1.38. The van der Waals surface area contributed by atoms with Gasteiger partial charge in [-0.15, -0.1) is 0 Å². The standard InChI is InChI=1S/C29H29N3O7S/c1-36-22-12-14-26(37-2)25(16-22)32(40(34,35)23-13-15-27(38-3)28(17-23)39-4)19-29(33)31-30-18-21-10-7-9-20-8-5-6-11-24(20)21/h5-18H,19H2,1-4H3,(H,31,33)/b30-18-. The van der Waals surface area contributed by atoms with Crippen LogP contribution < -0.4 is 28.7 Å². The van der Waals surface area contributed by atoms with E-state index < -0.39 is 22.5 Å². The van der Waals surface area contributed by atoms with Crippen molar-refractivity contribution in [2.45, 2.75) is 4.90 Å². The normalized spacial score (nSPS) is 11.3. The zero-order chi connectivity index (χ0) is 28.7. The second-order valence-electron chi connectivity index (χ2n) is 8.43. The third-order valence-electron chi connectivity index (χ3n) is 6.10. The quantitative estimate of drug-likeness (QED) is 0.215. The molecule has 4 rings (SSSR count). The minimum atomic E-state index is -4.32. The molecule has 1 N–H and O–H groups in total. The van der Waals surface area contributed by atoms with Gasteiger partial charge in [-0.1, -0.05) is 42.5 Å². The number of benzene rings is 4. The number of sulfonamides is 1. The molecule has 0 fully saturated rings. The predicted molar refractivity (Wildman–Crippen MR) is 153 cm³/mol. The van der Waals surface area contributed by atoms with Crippen LogP contribution in [0.15, 0.2) is 88.9 Å². The van der Waals surface area contributed by atoms with Gasteiger partial charge in [-0.2, -0.15) is 5.10 Å². The molecular formula is C29H29N3O7S. The summed E-state index contributed by atoms with van der Waals surface area (Å²) in [6.07, 6.45) is 1.51. The van der Waals surface area contributed by atoms with E-state index in [1.165, 1.54) is 58.9 Å². The molecule has 0 atom stereocenters. The first-order chi connectivity index (χ1) is 19.3. The number of fused-ring (bicyclic) bond motifs is 1. The van der Waals surface area contributed by atoms with Crippen molar-refractivity contribution in [1.82, 2.24) is 5.43 Å². The molecule has 4 aromatic carbocycles. The van der Waals surface area contributed by atoms with Gasteiger partial charge in [0, 0.05) is 17.7 Å². The van der Waals surface area contributed by atoms with Crippen molar-refractivity contribution in [2.24, 2.45) is 5.10 Å². The van der Waals surface area contributed by atoms with E-state index in [-0.39, 0.29) is 22.1 Å². The average Bonchev–Trinajstić information content (AvgIpc) is 2.99. The summed E-state index contributed by atoms with van der Waals surface area (Å²) in [5.74, 6) is 0.484.